The van der Waals surface area contributed by atoms with Gasteiger partial charge in [0, 0.05) is 6.54 Å². The predicted octanol–water partition coefficient (Wildman–Crippen LogP) is 3.23. The molecule has 0 radical (unpaired) electrons. The van der Waals surface area contributed by atoms with E-state index < -0.39 is 0 Å². The Morgan fingerprint density at radius 2 is 2.05 bits per heavy atom. The van der Waals surface area contributed by atoms with Gasteiger partial charge in [0.25, 0.3) is 0 Å². The van der Waals surface area contributed by atoms with Gasteiger partial charge in [-0.15, -0.1) is 10.2 Å². The van der Waals surface area contributed by atoms with Crippen LogP contribution in [0.1, 0.15) is 22.3 Å². The van der Waals surface area contributed by atoms with Gasteiger partial charge in [0.05, 0.1) is 11.6 Å². The number of hydrogen-bond acceptors (Lipinski definition) is 4. The summed E-state index contributed by atoms with van der Waals surface area (Å²) >= 11 is 5.91. The molecule has 1 N–H and O–H groups in total. The molecule has 0 unspecified atom stereocenters. The molecule has 5 heteroatoms. The van der Waals surface area contributed by atoms with Crippen LogP contribution in [0.25, 0.3) is 0 Å². The van der Waals surface area contributed by atoms with Gasteiger partial charge in [0.15, 0.2) is 11.0 Å². The lowest BCUT2D eigenvalue weighted by atomic mass is 10.1. The number of rotatable bonds is 3. The molecule has 96 valence electrons. The third kappa shape index (κ3) is 3.01. The number of nitrogens with zero attached hydrogens (tertiary/aromatic N) is 3. The minimum atomic E-state index is 0.425. The minimum Gasteiger partial charge on any atom is -0.364 e. The number of halogens is 1. The van der Waals surface area contributed by atoms with E-state index in [0.717, 1.165) is 16.7 Å². The first-order chi connectivity index (χ1) is 9.11. The van der Waals surface area contributed by atoms with Gasteiger partial charge >= 0.3 is 0 Å². The molecule has 0 saturated carbocycles. The van der Waals surface area contributed by atoms with Gasteiger partial charge in [-0.25, -0.2) is 0 Å². The molecule has 1 aromatic carbocycles. The van der Waals surface area contributed by atoms with Crippen molar-refractivity contribution in [3.8, 4) is 6.07 Å². The molecule has 4 nitrogen and oxygen atoms in total. The summed E-state index contributed by atoms with van der Waals surface area (Å²) in [5.74, 6) is 0.712. The zero-order chi connectivity index (χ0) is 13.8. The van der Waals surface area contributed by atoms with E-state index in [-0.39, 0.29) is 0 Å². The molecular weight excluding hydrogens is 260 g/mol. The summed E-state index contributed by atoms with van der Waals surface area (Å²) in [7, 11) is 0. The molecule has 0 amide bonds. The topological polar surface area (TPSA) is 61.6 Å². The highest BCUT2D eigenvalue weighted by molar-refractivity contribution is 6.30. The summed E-state index contributed by atoms with van der Waals surface area (Å²) in [6.45, 7) is 4.45. The molecule has 0 atom stereocenters. The van der Waals surface area contributed by atoms with Crippen LogP contribution in [0.5, 0.6) is 0 Å². The van der Waals surface area contributed by atoms with Gasteiger partial charge in [-0.2, -0.15) is 5.26 Å². The Bertz CT molecular complexity index is 646. The highest BCUT2D eigenvalue weighted by Crippen LogP contribution is 2.21. The van der Waals surface area contributed by atoms with Crippen LogP contribution in [0.2, 0.25) is 5.15 Å². The molecule has 0 aliphatic carbocycles. The fourth-order valence-electron chi connectivity index (χ4n) is 1.68. The van der Waals surface area contributed by atoms with Crippen molar-refractivity contribution in [1.82, 2.24) is 10.2 Å². The van der Waals surface area contributed by atoms with Crippen LogP contribution in [-0.2, 0) is 6.54 Å². The summed E-state index contributed by atoms with van der Waals surface area (Å²) in [5, 5.41) is 20.4. The number of nitriles is 1. The van der Waals surface area contributed by atoms with Gasteiger partial charge in [-0.3, -0.25) is 0 Å². The molecule has 0 bridgehead atoms. The Morgan fingerprint density at radius 3 is 2.79 bits per heavy atom. The molecule has 0 spiro atoms. The van der Waals surface area contributed by atoms with Crippen LogP contribution >= 0.6 is 11.6 Å². The highest BCUT2D eigenvalue weighted by Gasteiger charge is 2.07. The zero-order valence-corrected chi connectivity index (χ0v) is 11.5. The minimum absolute atomic E-state index is 0.425. The third-order valence-electron chi connectivity index (χ3n) is 2.98. The first-order valence-corrected chi connectivity index (χ1v) is 6.22. The molecule has 2 rings (SSSR count). The third-order valence-corrected chi connectivity index (χ3v) is 3.34. The summed E-state index contributed by atoms with van der Waals surface area (Å²) in [6, 6.07) is 9.56. The lowest BCUT2D eigenvalue weighted by Gasteiger charge is -2.10. The van der Waals surface area contributed by atoms with E-state index >= 15 is 0 Å². The molecule has 1 heterocycles. The van der Waals surface area contributed by atoms with Gasteiger partial charge in [-0.1, -0.05) is 23.7 Å². The Hall–Kier alpha value is -2.12. The number of anilines is 1. The van der Waals surface area contributed by atoms with Crippen LogP contribution in [-0.4, -0.2) is 10.2 Å². The van der Waals surface area contributed by atoms with Crippen LogP contribution in [0.3, 0.4) is 0 Å². The Morgan fingerprint density at radius 1 is 1.26 bits per heavy atom. The predicted molar refractivity (Wildman–Crippen MR) is 75.0 cm³/mol. The van der Waals surface area contributed by atoms with Crippen molar-refractivity contribution in [2.24, 2.45) is 0 Å². The second-order valence-corrected chi connectivity index (χ2v) is 4.61. The van der Waals surface area contributed by atoms with E-state index in [9.17, 15) is 0 Å². The van der Waals surface area contributed by atoms with Gasteiger partial charge < -0.3 is 5.32 Å². The molecule has 1 aromatic heterocycles. The summed E-state index contributed by atoms with van der Waals surface area (Å²) in [6.07, 6.45) is 0. The Labute approximate surface area is 117 Å². The fraction of sp³-hybridized carbons (Fsp3) is 0.214. The maximum absolute atomic E-state index is 8.85. The monoisotopic (exact) mass is 272 g/mol. The maximum Gasteiger partial charge on any atom is 0.155 e. The van der Waals surface area contributed by atoms with E-state index in [1.54, 1.807) is 6.07 Å². The lowest BCUT2D eigenvalue weighted by molar-refractivity contribution is 0.971. The van der Waals surface area contributed by atoms with Crippen molar-refractivity contribution >= 4 is 17.4 Å². The molecule has 2 aromatic rings. The zero-order valence-electron chi connectivity index (χ0n) is 10.7. The van der Waals surface area contributed by atoms with E-state index in [1.807, 2.05) is 32.0 Å². The number of aromatic nitrogens is 2. The van der Waals surface area contributed by atoms with Gasteiger partial charge in [0.2, 0.25) is 0 Å². The van der Waals surface area contributed by atoms with Crippen molar-refractivity contribution in [2.45, 2.75) is 20.4 Å². The highest BCUT2D eigenvalue weighted by atomic mass is 35.5. The molecule has 0 aliphatic heterocycles. The fourth-order valence-corrected chi connectivity index (χ4v) is 1.86. The standard InChI is InChI=1S/C14H13ClN4/c1-9-10(2)14(19-18-13(9)15)17-8-12-5-3-4-11(6-12)7-16/h3-6H,8H2,1-2H3,(H,17,19). The summed E-state index contributed by atoms with van der Waals surface area (Å²) < 4.78 is 0. The smallest absolute Gasteiger partial charge is 0.155 e. The quantitative estimate of drug-likeness (QED) is 0.932. The van der Waals surface area contributed by atoms with Crippen LogP contribution in [0.4, 0.5) is 5.82 Å². The SMILES string of the molecule is Cc1c(Cl)nnc(NCc2cccc(C#N)c2)c1C. The van der Waals surface area contributed by atoms with E-state index in [4.69, 9.17) is 16.9 Å². The number of benzene rings is 1. The first kappa shape index (κ1) is 13.3. The van der Waals surface area contributed by atoms with Crippen molar-refractivity contribution in [1.29, 1.82) is 5.26 Å². The van der Waals surface area contributed by atoms with Crippen molar-refractivity contribution in [2.75, 3.05) is 5.32 Å². The largest absolute Gasteiger partial charge is 0.364 e. The molecule has 19 heavy (non-hydrogen) atoms. The van der Waals surface area contributed by atoms with E-state index in [2.05, 4.69) is 21.6 Å². The maximum atomic E-state index is 8.85. The summed E-state index contributed by atoms with van der Waals surface area (Å²) in [5.41, 5.74) is 3.57. The van der Waals surface area contributed by atoms with Crippen LogP contribution in [0, 0.1) is 25.2 Å². The van der Waals surface area contributed by atoms with Crippen molar-refractivity contribution in [3.05, 3.63) is 51.7 Å². The average Bonchev–Trinajstić information content (AvgIpc) is 2.44. The van der Waals surface area contributed by atoms with E-state index in [1.165, 1.54) is 0 Å². The molecular formula is C14H13ClN4. The van der Waals surface area contributed by atoms with E-state index in [0.29, 0.717) is 23.1 Å². The number of nitrogens with one attached hydrogen (secondary N) is 1. The molecule has 0 aliphatic rings. The lowest BCUT2D eigenvalue weighted by Crippen LogP contribution is -2.06. The second-order valence-electron chi connectivity index (χ2n) is 4.26. The molecule has 0 saturated heterocycles. The normalized spacial score (nSPS) is 10.0. The Kier molecular flexibility index (Phi) is 3.98. The first-order valence-electron chi connectivity index (χ1n) is 5.84. The van der Waals surface area contributed by atoms with Gasteiger partial charge in [-0.05, 0) is 42.7 Å². The average molecular weight is 273 g/mol. The number of hydrogen-bond donors (Lipinski definition) is 1. The van der Waals surface area contributed by atoms with Crippen LogP contribution < -0.4 is 5.32 Å². The van der Waals surface area contributed by atoms with Crippen molar-refractivity contribution in [3.63, 3.8) is 0 Å². The van der Waals surface area contributed by atoms with Gasteiger partial charge in [0.1, 0.15) is 0 Å². The molecule has 0 fully saturated rings. The Balaban J connectivity index is 2.15. The summed E-state index contributed by atoms with van der Waals surface area (Å²) in [4.78, 5) is 0. The second kappa shape index (κ2) is 5.68. The van der Waals surface area contributed by atoms with Crippen molar-refractivity contribution < 1.29 is 0 Å². The van der Waals surface area contributed by atoms with Crippen LogP contribution in [0.15, 0.2) is 24.3 Å².